The molecule has 0 fully saturated rings. The molecule has 3 N–H and O–H groups in total. The summed E-state index contributed by atoms with van der Waals surface area (Å²) in [6.07, 6.45) is 69.2. The molecule has 0 aliphatic rings. The summed E-state index contributed by atoms with van der Waals surface area (Å²) in [4.78, 5) is 24.5. The van der Waals surface area contributed by atoms with E-state index < -0.39 is 12.1 Å². The summed E-state index contributed by atoms with van der Waals surface area (Å²) in [7, 11) is 0. The summed E-state index contributed by atoms with van der Waals surface area (Å²) < 4.78 is 5.46. The molecule has 0 aromatic heterocycles. The van der Waals surface area contributed by atoms with Crippen molar-refractivity contribution in [3.05, 3.63) is 24.3 Å². The van der Waals surface area contributed by atoms with Gasteiger partial charge in [-0.25, -0.2) is 0 Å². The fourth-order valence-electron chi connectivity index (χ4n) is 9.34. The van der Waals surface area contributed by atoms with Crippen molar-refractivity contribution < 1.29 is 24.5 Å². The molecule has 0 heterocycles. The van der Waals surface area contributed by atoms with Crippen molar-refractivity contribution in [2.45, 2.75) is 341 Å². The van der Waals surface area contributed by atoms with Crippen LogP contribution >= 0.6 is 0 Å². The van der Waals surface area contributed by atoms with E-state index in [9.17, 15) is 19.8 Å². The maximum atomic E-state index is 12.5. The van der Waals surface area contributed by atoms with Crippen LogP contribution in [0, 0.1) is 0 Å². The van der Waals surface area contributed by atoms with Gasteiger partial charge in [0.15, 0.2) is 0 Å². The zero-order valence-corrected chi connectivity index (χ0v) is 45.1. The monoisotopic (exact) mass is 944 g/mol. The second-order valence-corrected chi connectivity index (χ2v) is 20.7. The average molecular weight is 945 g/mol. The molecule has 396 valence electrons. The van der Waals surface area contributed by atoms with Gasteiger partial charge in [0.1, 0.15) is 0 Å². The van der Waals surface area contributed by atoms with Gasteiger partial charge >= 0.3 is 5.97 Å². The zero-order valence-electron chi connectivity index (χ0n) is 45.1. The second-order valence-electron chi connectivity index (χ2n) is 20.7. The molecule has 0 saturated heterocycles. The standard InChI is InChI=1S/C61H117NO5/c1-3-5-7-9-11-13-15-17-18-19-20-21-24-27-30-33-37-41-45-49-53-59(64)58(57-63)62-60(65)54-50-46-42-38-34-31-28-25-22-23-26-29-32-36-40-44-48-52-56-67-61(66)55-51-47-43-39-35-16-14-12-10-8-6-4-2/h12,14,49,53,58-59,63-64H,3-11,13,15-48,50-52,54-57H2,1-2H3,(H,62,65)/b14-12-,53-49+. The van der Waals surface area contributed by atoms with Gasteiger partial charge in [0.25, 0.3) is 0 Å². The molecule has 0 saturated carbocycles. The number of hydrogen-bond donors (Lipinski definition) is 3. The summed E-state index contributed by atoms with van der Waals surface area (Å²) in [5.74, 6) is -0.0727. The smallest absolute Gasteiger partial charge is 0.305 e. The van der Waals surface area contributed by atoms with Crippen LogP contribution in [0.25, 0.3) is 0 Å². The molecule has 2 unspecified atom stereocenters. The molecular weight excluding hydrogens is 827 g/mol. The highest BCUT2D eigenvalue weighted by Gasteiger charge is 2.18. The first-order valence-electron chi connectivity index (χ1n) is 30.1. The van der Waals surface area contributed by atoms with Crippen LogP contribution in [0.4, 0.5) is 0 Å². The van der Waals surface area contributed by atoms with Crippen LogP contribution in [0.15, 0.2) is 24.3 Å². The van der Waals surface area contributed by atoms with E-state index in [0.29, 0.717) is 19.4 Å². The predicted octanol–water partition coefficient (Wildman–Crippen LogP) is 18.6. The van der Waals surface area contributed by atoms with Crippen molar-refractivity contribution in [1.82, 2.24) is 5.32 Å². The van der Waals surface area contributed by atoms with E-state index in [-0.39, 0.29) is 18.5 Å². The van der Waals surface area contributed by atoms with Gasteiger partial charge < -0.3 is 20.3 Å². The molecule has 67 heavy (non-hydrogen) atoms. The Kier molecular flexibility index (Phi) is 55.5. The van der Waals surface area contributed by atoms with Crippen molar-refractivity contribution in [2.24, 2.45) is 0 Å². The lowest BCUT2D eigenvalue weighted by Crippen LogP contribution is -2.45. The van der Waals surface area contributed by atoms with E-state index >= 15 is 0 Å². The van der Waals surface area contributed by atoms with E-state index in [1.807, 2.05) is 6.08 Å². The first-order valence-corrected chi connectivity index (χ1v) is 30.1. The largest absolute Gasteiger partial charge is 0.466 e. The van der Waals surface area contributed by atoms with E-state index in [0.717, 1.165) is 44.9 Å². The third-order valence-electron chi connectivity index (χ3n) is 14.0. The maximum absolute atomic E-state index is 12.5. The first kappa shape index (κ1) is 65.3. The van der Waals surface area contributed by atoms with Crippen LogP contribution in [0.5, 0.6) is 0 Å². The topological polar surface area (TPSA) is 95.9 Å². The molecule has 1 amide bonds. The van der Waals surface area contributed by atoms with Gasteiger partial charge in [-0.2, -0.15) is 0 Å². The minimum absolute atomic E-state index is 0.00325. The molecular formula is C61H117NO5. The number of ether oxygens (including phenoxy) is 1. The average Bonchev–Trinajstić information content (AvgIpc) is 3.33. The molecule has 0 aliphatic carbocycles. The molecule has 0 rings (SSSR count). The second kappa shape index (κ2) is 56.9. The van der Waals surface area contributed by atoms with Crippen LogP contribution in [0.3, 0.4) is 0 Å². The number of nitrogens with one attached hydrogen (secondary N) is 1. The Balaban J connectivity index is 3.45. The molecule has 0 aromatic rings. The molecule has 0 bridgehead atoms. The third kappa shape index (κ3) is 53.5. The highest BCUT2D eigenvalue weighted by molar-refractivity contribution is 5.76. The fourth-order valence-corrected chi connectivity index (χ4v) is 9.34. The molecule has 0 aliphatic heterocycles. The van der Waals surface area contributed by atoms with Crippen LogP contribution in [-0.2, 0) is 14.3 Å². The Morgan fingerprint density at radius 2 is 0.701 bits per heavy atom. The number of allylic oxidation sites excluding steroid dienone is 3. The van der Waals surface area contributed by atoms with E-state index in [1.54, 1.807) is 6.08 Å². The zero-order chi connectivity index (χ0) is 48.6. The van der Waals surface area contributed by atoms with Crippen molar-refractivity contribution in [3.8, 4) is 0 Å². The number of carbonyl (C=O) groups excluding carboxylic acids is 2. The summed E-state index contributed by atoms with van der Waals surface area (Å²) in [6, 6.07) is -0.631. The highest BCUT2D eigenvalue weighted by Crippen LogP contribution is 2.17. The number of hydrogen-bond acceptors (Lipinski definition) is 5. The first-order chi connectivity index (χ1) is 33.0. The van der Waals surface area contributed by atoms with Gasteiger partial charge in [0.2, 0.25) is 5.91 Å². The predicted molar refractivity (Wildman–Crippen MR) is 292 cm³/mol. The molecule has 0 aromatic carbocycles. The van der Waals surface area contributed by atoms with Crippen LogP contribution in [-0.4, -0.2) is 47.4 Å². The quantitative estimate of drug-likeness (QED) is 0.0321. The lowest BCUT2D eigenvalue weighted by Gasteiger charge is -2.20. The number of rotatable bonds is 56. The normalized spacial score (nSPS) is 12.7. The maximum Gasteiger partial charge on any atom is 0.305 e. The van der Waals surface area contributed by atoms with Gasteiger partial charge in [-0.3, -0.25) is 9.59 Å². The summed E-state index contributed by atoms with van der Waals surface area (Å²) in [5, 5.41) is 23.2. The van der Waals surface area contributed by atoms with E-state index in [4.69, 9.17) is 4.74 Å². The molecule has 6 heteroatoms. The van der Waals surface area contributed by atoms with Gasteiger partial charge in [0, 0.05) is 12.8 Å². The number of amides is 1. The number of carbonyl (C=O) groups is 2. The Labute approximate surface area is 418 Å². The van der Waals surface area contributed by atoms with Crippen molar-refractivity contribution in [2.75, 3.05) is 13.2 Å². The summed E-state index contributed by atoms with van der Waals surface area (Å²) in [5.41, 5.74) is 0. The van der Waals surface area contributed by atoms with Gasteiger partial charge in [0.05, 0.1) is 25.4 Å². The molecule has 6 nitrogen and oxygen atoms in total. The Hall–Kier alpha value is -1.66. The Morgan fingerprint density at radius 1 is 0.403 bits per heavy atom. The van der Waals surface area contributed by atoms with Crippen molar-refractivity contribution in [3.63, 3.8) is 0 Å². The third-order valence-corrected chi connectivity index (χ3v) is 14.0. The summed E-state index contributed by atoms with van der Waals surface area (Å²) in [6.45, 7) is 4.89. The lowest BCUT2D eigenvalue weighted by atomic mass is 10.0. The van der Waals surface area contributed by atoms with Gasteiger partial charge in [-0.1, -0.05) is 282 Å². The summed E-state index contributed by atoms with van der Waals surface area (Å²) >= 11 is 0. The highest BCUT2D eigenvalue weighted by atomic mass is 16.5. The fraction of sp³-hybridized carbons (Fsp3) is 0.902. The Bertz CT molecular complexity index is 1040. The molecule has 2 atom stereocenters. The van der Waals surface area contributed by atoms with Crippen molar-refractivity contribution >= 4 is 11.9 Å². The number of aliphatic hydroxyl groups is 2. The van der Waals surface area contributed by atoms with Crippen LogP contribution in [0.1, 0.15) is 328 Å². The van der Waals surface area contributed by atoms with E-state index in [1.165, 1.54) is 257 Å². The van der Waals surface area contributed by atoms with Gasteiger partial charge in [-0.05, 0) is 57.8 Å². The minimum atomic E-state index is -0.848. The number of aliphatic hydroxyl groups excluding tert-OH is 2. The van der Waals surface area contributed by atoms with Crippen LogP contribution < -0.4 is 5.32 Å². The number of esters is 1. The SMILES string of the molecule is CCCCC/C=C\CCCCCCCC(=O)OCCCCCCCCCCCCCCCCCCCCC(=O)NC(CO)C(O)/C=C/CCCCCCCCCCCCCCCCCCCC. The lowest BCUT2D eigenvalue weighted by molar-refractivity contribution is -0.143. The number of unbranched alkanes of at least 4 members (excludes halogenated alkanes) is 43. The van der Waals surface area contributed by atoms with Gasteiger partial charge in [-0.15, -0.1) is 0 Å². The van der Waals surface area contributed by atoms with Crippen LogP contribution in [0.2, 0.25) is 0 Å². The van der Waals surface area contributed by atoms with Crippen molar-refractivity contribution in [1.29, 1.82) is 0 Å². The molecule has 0 spiro atoms. The van der Waals surface area contributed by atoms with E-state index in [2.05, 4.69) is 31.3 Å². The Morgan fingerprint density at radius 3 is 1.09 bits per heavy atom. The minimum Gasteiger partial charge on any atom is -0.466 e. The molecule has 0 radical (unpaired) electrons.